The van der Waals surface area contributed by atoms with E-state index in [1.54, 1.807) is 0 Å². The Morgan fingerprint density at radius 3 is 1.97 bits per heavy atom. The molecule has 1 aromatic carbocycles. The van der Waals surface area contributed by atoms with Gasteiger partial charge in [0.25, 0.3) is 0 Å². The van der Waals surface area contributed by atoms with Gasteiger partial charge in [0.2, 0.25) is 17.7 Å². The zero-order chi connectivity index (χ0) is 22.8. The predicted molar refractivity (Wildman–Crippen MR) is 103 cm³/mol. The summed E-state index contributed by atoms with van der Waals surface area (Å²) < 4.78 is 0. The summed E-state index contributed by atoms with van der Waals surface area (Å²) in [6, 6.07) is 0.591. The second-order valence-electron chi connectivity index (χ2n) is 6.53. The Labute approximate surface area is 172 Å². The van der Waals surface area contributed by atoms with Gasteiger partial charge < -0.3 is 42.1 Å². The highest BCUT2D eigenvalue weighted by atomic mass is 16.4. The summed E-state index contributed by atoms with van der Waals surface area (Å²) in [5, 5.41) is 43.4. The number of aliphatic hydroxyl groups excluding tert-OH is 2. The number of carbonyl (C=O) groups excluding carboxylic acids is 3. The molecule has 12 nitrogen and oxygen atoms in total. The topological polar surface area (TPSA) is 211 Å². The number of phenols is 1. The molecule has 0 aliphatic carbocycles. The fourth-order valence-electron chi connectivity index (χ4n) is 2.30. The molecule has 0 aliphatic rings. The van der Waals surface area contributed by atoms with Crippen LogP contribution in [-0.2, 0) is 25.6 Å². The average Bonchev–Trinajstić information content (AvgIpc) is 2.71. The Hall–Kier alpha value is -3.22. The number of amides is 3. The molecule has 12 heteroatoms. The van der Waals surface area contributed by atoms with Crippen LogP contribution in [0.3, 0.4) is 0 Å². The number of aliphatic carboxylic acids is 1. The van der Waals surface area contributed by atoms with Crippen LogP contribution in [0.25, 0.3) is 0 Å². The van der Waals surface area contributed by atoms with E-state index in [9.17, 15) is 34.5 Å². The van der Waals surface area contributed by atoms with E-state index in [4.69, 9.17) is 10.8 Å². The molecule has 0 spiro atoms. The number of nitrogens with one attached hydrogen (secondary N) is 3. The molecule has 0 heterocycles. The van der Waals surface area contributed by atoms with Crippen LogP contribution in [0.1, 0.15) is 12.5 Å². The zero-order valence-corrected chi connectivity index (χ0v) is 16.2. The van der Waals surface area contributed by atoms with Gasteiger partial charge in [-0.2, -0.15) is 0 Å². The summed E-state index contributed by atoms with van der Waals surface area (Å²) in [5.74, 6) is -3.86. The maximum atomic E-state index is 12.3. The van der Waals surface area contributed by atoms with E-state index in [0.717, 1.165) is 0 Å². The van der Waals surface area contributed by atoms with E-state index in [0.29, 0.717) is 5.56 Å². The van der Waals surface area contributed by atoms with Gasteiger partial charge in [-0.3, -0.25) is 14.4 Å². The van der Waals surface area contributed by atoms with Crippen molar-refractivity contribution in [3.8, 4) is 5.75 Å². The zero-order valence-electron chi connectivity index (χ0n) is 16.2. The molecule has 166 valence electrons. The molecular formula is C18H26N4O8. The van der Waals surface area contributed by atoms with Crippen LogP contribution >= 0.6 is 0 Å². The highest BCUT2D eigenvalue weighted by Crippen LogP contribution is 2.11. The van der Waals surface area contributed by atoms with Gasteiger partial charge in [-0.1, -0.05) is 12.1 Å². The highest BCUT2D eigenvalue weighted by molar-refractivity contribution is 5.94. The number of hydrogen-bond acceptors (Lipinski definition) is 8. The van der Waals surface area contributed by atoms with Crippen molar-refractivity contribution in [3.63, 3.8) is 0 Å². The third-order valence-electron chi connectivity index (χ3n) is 4.09. The standard InChI is InChI=1S/C18H26N4O8/c1-9(20-17(28)14(8-24)22-16(27)12(19)7-23)15(26)21-13(18(29)30)6-10-2-4-11(25)5-3-10/h2-5,9,12-14,23-25H,6-8,19H2,1H3,(H,20,28)(H,21,26)(H,22,27)(H,29,30). The number of carboxylic acids is 1. The molecular weight excluding hydrogens is 400 g/mol. The van der Waals surface area contributed by atoms with Gasteiger partial charge in [0, 0.05) is 6.42 Å². The Kier molecular flexibility index (Phi) is 9.68. The first-order valence-electron chi connectivity index (χ1n) is 8.98. The van der Waals surface area contributed by atoms with Crippen LogP contribution in [0.4, 0.5) is 0 Å². The third-order valence-corrected chi connectivity index (χ3v) is 4.09. The summed E-state index contributed by atoms with van der Waals surface area (Å²) in [4.78, 5) is 47.6. The first kappa shape index (κ1) is 24.8. The van der Waals surface area contributed by atoms with E-state index in [-0.39, 0.29) is 12.2 Å². The molecule has 3 amide bonds. The minimum absolute atomic E-state index is 0.0106. The molecule has 1 aromatic rings. The van der Waals surface area contributed by atoms with Crippen LogP contribution in [-0.4, -0.2) is 81.5 Å². The van der Waals surface area contributed by atoms with E-state index >= 15 is 0 Å². The number of benzene rings is 1. The molecule has 0 saturated carbocycles. The number of carbonyl (C=O) groups is 4. The maximum Gasteiger partial charge on any atom is 0.326 e. The van der Waals surface area contributed by atoms with Crippen LogP contribution < -0.4 is 21.7 Å². The lowest BCUT2D eigenvalue weighted by atomic mass is 10.1. The van der Waals surface area contributed by atoms with Crippen LogP contribution in [0, 0.1) is 0 Å². The fraction of sp³-hybridized carbons (Fsp3) is 0.444. The molecule has 0 radical (unpaired) electrons. The minimum Gasteiger partial charge on any atom is -0.508 e. The highest BCUT2D eigenvalue weighted by Gasteiger charge is 2.28. The minimum atomic E-state index is -1.42. The molecule has 0 bridgehead atoms. The van der Waals surface area contributed by atoms with Crippen molar-refractivity contribution in [2.45, 2.75) is 37.5 Å². The van der Waals surface area contributed by atoms with Crippen molar-refractivity contribution >= 4 is 23.7 Å². The van der Waals surface area contributed by atoms with E-state index < -0.39 is 61.1 Å². The summed E-state index contributed by atoms with van der Waals surface area (Å²) in [7, 11) is 0. The predicted octanol–water partition coefficient (Wildman–Crippen LogP) is -3.19. The summed E-state index contributed by atoms with van der Waals surface area (Å²) >= 11 is 0. The molecule has 0 saturated heterocycles. The van der Waals surface area contributed by atoms with Crippen molar-refractivity contribution < 1.29 is 39.6 Å². The Morgan fingerprint density at radius 1 is 0.900 bits per heavy atom. The molecule has 4 unspecified atom stereocenters. The SMILES string of the molecule is CC(NC(=O)C(CO)NC(=O)C(N)CO)C(=O)NC(Cc1ccc(O)cc1)C(=O)O. The first-order chi connectivity index (χ1) is 14.1. The number of aliphatic hydroxyl groups is 2. The van der Waals surface area contributed by atoms with Gasteiger partial charge >= 0.3 is 5.97 Å². The van der Waals surface area contributed by atoms with Crippen molar-refractivity contribution in [3.05, 3.63) is 29.8 Å². The number of aromatic hydroxyl groups is 1. The van der Waals surface area contributed by atoms with E-state index in [1.165, 1.54) is 31.2 Å². The van der Waals surface area contributed by atoms with Crippen molar-refractivity contribution in [2.24, 2.45) is 5.73 Å². The molecule has 30 heavy (non-hydrogen) atoms. The van der Waals surface area contributed by atoms with Gasteiger partial charge in [0.05, 0.1) is 13.2 Å². The first-order valence-corrected chi connectivity index (χ1v) is 8.98. The fourth-order valence-corrected chi connectivity index (χ4v) is 2.30. The lowest BCUT2D eigenvalue weighted by molar-refractivity contribution is -0.142. The monoisotopic (exact) mass is 426 g/mol. The van der Waals surface area contributed by atoms with Gasteiger partial charge in [0.1, 0.15) is 29.9 Å². The summed E-state index contributed by atoms with van der Waals surface area (Å²) in [5.41, 5.74) is 5.87. The number of carboxylic acid groups (broad SMARTS) is 1. The van der Waals surface area contributed by atoms with Gasteiger partial charge in [0.15, 0.2) is 0 Å². The molecule has 0 aliphatic heterocycles. The number of hydrogen-bond donors (Lipinski definition) is 8. The van der Waals surface area contributed by atoms with E-state index in [2.05, 4.69) is 16.0 Å². The third kappa shape index (κ3) is 7.66. The molecule has 4 atom stereocenters. The second-order valence-corrected chi connectivity index (χ2v) is 6.53. The Bertz CT molecular complexity index is 755. The lowest BCUT2D eigenvalue weighted by Crippen LogP contribution is -2.57. The number of rotatable bonds is 11. The van der Waals surface area contributed by atoms with Gasteiger partial charge in [-0.15, -0.1) is 0 Å². The quantitative estimate of drug-likeness (QED) is 0.179. The van der Waals surface area contributed by atoms with Crippen LogP contribution in [0.5, 0.6) is 5.75 Å². The Balaban J connectivity index is 2.69. The number of nitrogens with two attached hydrogens (primary N) is 1. The van der Waals surface area contributed by atoms with Crippen LogP contribution in [0.15, 0.2) is 24.3 Å². The summed E-state index contributed by atoms with van der Waals surface area (Å²) in [6.45, 7) is -0.160. The van der Waals surface area contributed by atoms with E-state index in [1.807, 2.05) is 0 Å². The number of phenolic OH excluding ortho intramolecular Hbond substituents is 1. The van der Waals surface area contributed by atoms with Crippen molar-refractivity contribution in [1.29, 1.82) is 0 Å². The van der Waals surface area contributed by atoms with Crippen molar-refractivity contribution in [2.75, 3.05) is 13.2 Å². The van der Waals surface area contributed by atoms with Crippen molar-refractivity contribution in [1.82, 2.24) is 16.0 Å². The summed E-state index contributed by atoms with van der Waals surface area (Å²) in [6.07, 6.45) is -0.0591. The van der Waals surface area contributed by atoms with Crippen LogP contribution in [0.2, 0.25) is 0 Å². The molecule has 0 fully saturated rings. The molecule has 1 rings (SSSR count). The second kappa shape index (κ2) is 11.7. The lowest BCUT2D eigenvalue weighted by Gasteiger charge is -2.22. The molecule has 9 N–H and O–H groups in total. The average molecular weight is 426 g/mol. The maximum absolute atomic E-state index is 12.3. The smallest absolute Gasteiger partial charge is 0.326 e. The largest absolute Gasteiger partial charge is 0.508 e. The van der Waals surface area contributed by atoms with Gasteiger partial charge in [-0.25, -0.2) is 4.79 Å². The Morgan fingerprint density at radius 2 is 1.47 bits per heavy atom. The molecule has 0 aromatic heterocycles. The van der Waals surface area contributed by atoms with Gasteiger partial charge in [-0.05, 0) is 24.6 Å². The normalized spacial score (nSPS) is 14.7.